The first-order valence-electron chi connectivity index (χ1n) is 15.6. The average Bonchev–Trinajstić information content (AvgIpc) is 3.84. The van der Waals surface area contributed by atoms with Crippen molar-refractivity contribution in [2.24, 2.45) is 0 Å². The van der Waals surface area contributed by atoms with E-state index in [1.165, 1.54) is 0 Å². The second kappa shape index (κ2) is 11.6. The fraction of sp³-hybridized carbons (Fsp3) is 0.257. The van der Waals surface area contributed by atoms with Crippen molar-refractivity contribution in [1.82, 2.24) is 30.6 Å². The summed E-state index contributed by atoms with van der Waals surface area (Å²) in [5.74, 6) is 1.32. The summed E-state index contributed by atoms with van der Waals surface area (Å²) in [5, 5.41) is 15.2. The van der Waals surface area contributed by atoms with Gasteiger partial charge in [-0.15, -0.1) is 0 Å². The number of carbonyl (C=O) groups excluding carboxylic acids is 1. The van der Waals surface area contributed by atoms with Gasteiger partial charge in [0.1, 0.15) is 17.7 Å². The topological polar surface area (TPSA) is 148 Å². The van der Waals surface area contributed by atoms with E-state index >= 15 is 0 Å². The molecular weight excluding hydrogens is 582 g/mol. The molecule has 5 heterocycles. The number of ether oxygens (including phenoxy) is 1. The molecule has 3 aliphatic heterocycles. The number of carboxylic acid groups (broad SMARTS) is 1. The van der Waals surface area contributed by atoms with E-state index in [4.69, 9.17) is 9.72 Å². The molecule has 0 unspecified atom stereocenters. The Balaban J connectivity index is 0.996. The van der Waals surface area contributed by atoms with Crippen LogP contribution in [-0.4, -0.2) is 62.8 Å². The zero-order valence-electron chi connectivity index (χ0n) is 25.0. The molecule has 11 nitrogen and oxygen atoms in total. The summed E-state index contributed by atoms with van der Waals surface area (Å²) in [7, 11) is 0. The minimum absolute atomic E-state index is 0.0823. The lowest BCUT2D eigenvalue weighted by atomic mass is 10.0. The number of para-hydroxylation sites is 1. The van der Waals surface area contributed by atoms with Gasteiger partial charge in [0.15, 0.2) is 0 Å². The van der Waals surface area contributed by atoms with Crippen molar-refractivity contribution < 1.29 is 19.4 Å². The van der Waals surface area contributed by atoms with Crippen LogP contribution in [0.5, 0.6) is 0 Å². The molecule has 3 aliphatic rings. The highest BCUT2D eigenvalue weighted by Gasteiger charge is 2.42. The lowest BCUT2D eigenvalue weighted by Gasteiger charge is -2.27. The molecule has 1 fully saturated rings. The highest BCUT2D eigenvalue weighted by atomic mass is 16.5. The van der Waals surface area contributed by atoms with Crippen LogP contribution in [0, 0.1) is 0 Å². The molecular formula is C35H33N7O4. The van der Waals surface area contributed by atoms with Gasteiger partial charge in [-0.05, 0) is 46.2 Å². The Hall–Kier alpha value is -5.26. The summed E-state index contributed by atoms with van der Waals surface area (Å²) in [4.78, 5) is 43.0. The van der Waals surface area contributed by atoms with Gasteiger partial charge in [-0.1, -0.05) is 66.7 Å². The first-order valence-corrected chi connectivity index (χ1v) is 15.6. The highest BCUT2D eigenvalue weighted by Crippen LogP contribution is 2.44. The van der Waals surface area contributed by atoms with Crippen LogP contribution in [0.3, 0.4) is 0 Å². The number of H-pyrrole nitrogens is 2. The standard InChI is InChI=1S/C35H33N7O4/c43-34-26(41-35(44)45)13-12-24-2-1-3-25-16-30(42(34)31(24)25)33-38-18-28(40-33)23-10-6-21(7-11-23)20-4-8-22(9-5-20)27-17-37-32(39-27)29-19-46-15-14-36-29/h1-11,17-18,26,29-30,36,41H,12-16,19H2,(H,37,39)(H,38,40)(H,44,45)/t26-,29-,30-/m0/s1. The normalized spacial score (nSPS) is 20.7. The fourth-order valence-electron chi connectivity index (χ4n) is 6.87. The van der Waals surface area contributed by atoms with Gasteiger partial charge < -0.3 is 30.4 Å². The third-order valence-electron chi connectivity index (χ3n) is 9.19. The second-order valence-corrected chi connectivity index (χ2v) is 12.0. The number of hydrogen-bond donors (Lipinski definition) is 5. The summed E-state index contributed by atoms with van der Waals surface area (Å²) in [6.45, 7) is 2.16. The summed E-state index contributed by atoms with van der Waals surface area (Å²) in [6, 6.07) is 21.7. The van der Waals surface area contributed by atoms with Crippen molar-refractivity contribution >= 4 is 17.7 Å². The van der Waals surface area contributed by atoms with E-state index in [2.05, 4.69) is 74.1 Å². The summed E-state index contributed by atoms with van der Waals surface area (Å²) < 4.78 is 5.57. The van der Waals surface area contributed by atoms with Crippen molar-refractivity contribution in [3.63, 3.8) is 0 Å². The first kappa shape index (κ1) is 28.2. The largest absolute Gasteiger partial charge is 0.465 e. The molecule has 0 bridgehead atoms. The number of anilines is 1. The van der Waals surface area contributed by atoms with Gasteiger partial charge in [0.2, 0.25) is 5.91 Å². The maximum atomic E-state index is 13.7. The number of rotatable bonds is 6. The van der Waals surface area contributed by atoms with E-state index in [-0.39, 0.29) is 18.0 Å². The van der Waals surface area contributed by atoms with Crippen LogP contribution in [-0.2, 0) is 22.4 Å². The van der Waals surface area contributed by atoms with Crippen molar-refractivity contribution in [2.45, 2.75) is 37.4 Å². The SMILES string of the molecule is O=C(O)N[C@H]1CCc2cccc3c2N(C1=O)[C@H](c1ncc(-c2ccc(-c4ccc(-c5cnc([C@@H]6COCCN6)[nH]5)cc4)cc2)[nH]1)C3. The van der Waals surface area contributed by atoms with Crippen LogP contribution >= 0.6 is 0 Å². The van der Waals surface area contributed by atoms with E-state index in [1.807, 2.05) is 24.4 Å². The lowest BCUT2D eigenvalue weighted by molar-refractivity contribution is -0.120. The predicted octanol–water partition coefficient (Wildman–Crippen LogP) is 5.01. The quantitative estimate of drug-likeness (QED) is 0.180. The lowest BCUT2D eigenvalue weighted by Crippen LogP contribution is -2.48. The van der Waals surface area contributed by atoms with Crippen molar-refractivity contribution in [3.8, 4) is 33.6 Å². The molecule has 2 amide bonds. The molecule has 8 rings (SSSR count). The molecule has 46 heavy (non-hydrogen) atoms. The van der Waals surface area contributed by atoms with Crippen LogP contribution in [0.2, 0.25) is 0 Å². The Morgan fingerprint density at radius 1 is 0.870 bits per heavy atom. The zero-order chi connectivity index (χ0) is 31.2. The molecule has 0 radical (unpaired) electrons. The van der Waals surface area contributed by atoms with Gasteiger partial charge >= 0.3 is 6.09 Å². The second-order valence-electron chi connectivity index (χ2n) is 12.0. The summed E-state index contributed by atoms with van der Waals surface area (Å²) in [6.07, 6.45) is 4.12. The molecule has 0 spiro atoms. The van der Waals surface area contributed by atoms with E-state index in [9.17, 15) is 14.7 Å². The van der Waals surface area contributed by atoms with Crippen molar-refractivity contribution in [1.29, 1.82) is 0 Å². The number of aromatic nitrogens is 4. The molecule has 0 aliphatic carbocycles. The smallest absolute Gasteiger partial charge is 0.405 e. The molecule has 11 heteroatoms. The minimum Gasteiger partial charge on any atom is -0.465 e. The van der Waals surface area contributed by atoms with Crippen molar-refractivity contribution in [3.05, 3.63) is 102 Å². The first-order chi connectivity index (χ1) is 22.5. The van der Waals surface area contributed by atoms with E-state index in [0.717, 1.165) is 69.4 Å². The Labute approximate surface area is 265 Å². The van der Waals surface area contributed by atoms with Gasteiger partial charge in [0, 0.05) is 13.0 Å². The van der Waals surface area contributed by atoms with Crippen LogP contribution in [0.1, 0.15) is 41.3 Å². The van der Waals surface area contributed by atoms with Crippen LogP contribution in [0.25, 0.3) is 33.6 Å². The number of morpholine rings is 1. The van der Waals surface area contributed by atoms with Crippen LogP contribution < -0.4 is 15.5 Å². The predicted molar refractivity (Wildman–Crippen MR) is 172 cm³/mol. The Morgan fingerprint density at radius 3 is 2.15 bits per heavy atom. The van der Waals surface area contributed by atoms with Gasteiger partial charge in [0.25, 0.3) is 0 Å². The number of nitrogens with one attached hydrogen (secondary N) is 4. The summed E-state index contributed by atoms with van der Waals surface area (Å²) >= 11 is 0. The Bertz CT molecular complexity index is 1910. The summed E-state index contributed by atoms with van der Waals surface area (Å²) in [5.41, 5.74) is 9.08. The monoisotopic (exact) mass is 615 g/mol. The Kier molecular flexibility index (Phi) is 7.11. The number of amides is 2. The zero-order valence-corrected chi connectivity index (χ0v) is 25.0. The fourth-order valence-corrected chi connectivity index (χ4v) is 6.87. The number of aromatic amines is 2. The molecule has 232 valence electrons. The third-order valence-corrected chi connectivity index (χ3v) is 9.19. The third kappa shape index (κ3) is 5.13. The van der Waals surface area contributed by atoms with Gasteiger partial charge in [-0.2, -0.15) is 0 Å². The Morgan fingerprint density at radius 2 is 1.50 bits per heavy atom. The van der Waals surface area contributed by atoms with Gasteiger partial charge in [-0.3, -0.25) is 9.69 Å². The molecule has 3 aromatic carbocycles. The molecule has 5 aromatic rings. The molecule has 5 N–H and O–H groups in total. The maximum absolute atomic E-state index is 13.7. The number of nitrogens with zero attached hydrogens (tertiary/aromatic N) is 3. The van der Waals surface area contributed by atoms with E-state index in [0.29, 0.717) is 31.7 Å². The van der Waals surface area contributed by atoms with Crippen LogP contribution in [0.15, 0.2) is 79.1 Å². The van der Waals surface area contributed by atoms with Crippen LogP contribution in [0.4, 0.5) is 10.5 Å². The van der Waals surface area contributed by atoms with E-state index < -0.39 is 12.1 Å². The van der Waals surface area contributed by atoms with Crippen molar-refractivity contribution in [2.75, 3.05) is 24.7 Å². The average molecular weight is 616 g/mol. The minimum atomic E-state index is -1.20. The highest BCUT2D eigenvalue weighted by molar-refractivity contribution is 6.02. The number of imidazole rings is 2. The number of benzene rings is 3. The molecule has 1 saturated heterocycles. The number of aryl methyl sites for hydroxylation is 1. The van der Waals surface area contributed by atoms with Gasteiger partial charge in [-0.25, -0.2) is 14.8 Å². The molecule has 3 atom stereocenters. The van der Waals surface area contributed by atoms with E-state index in [1.54, 1.807) is 11.1 Å². The molecule has 2 aromatic heterocycles. The number of carbonyl (C=O) groups is 2. The molecule has 0 saturated carbocycles. The maximum Gasteiger partial charge on any atom is 0.405 e. The number of hydrogen-bond acceptors (Lipinski definition) is 6. The van der Waals surface area contributed by atoms with Gasteiger partial charge in [0.05, 0.1) is 54.8 Å².